The monoisotopic (exact) mass is 286 g/mol. The van der Waals surface area contributed by atoms with E-state index in [2.05, 4.69) is 0 Å². The standard InChI is InChI=1S/C13H18O5S/c1-8(14)19-7-11(15)13(16)10-6-9(17-2)4-5-12(10)18-3/h4-6,11,13,15-16H,7H2,1-3H3. The predicted molar refractivity (Wildman–Crippen MR) is 73.7 cm³/mol. The Kier molecular flexibility index (Phi) is 6.14. The van der Waals surface area contributed by atoms with Crippen molar-refractivity contribution in [2.75, 3.05) is 20.0 Å². The quantitative estimate of drug-likeness (QED) is 0.823. The fraction of sp³-hybridized carbons (Fsp3) is 0.462. The van der Waals surface area contributed by atoms with Crippen molar-refractivity contribution in [1.29, 1.82) is 0 Å². The molecule has 0 bridgehead atoms. The number of carbonyl (C=O) groups is 1. The third kappa shape index (κ3) is 4.41. The van der Waals surface area contributed by atoms with Crippen LogP contribution in [0.4, 0.5) is 0 Å². The van der Waals surface area contributed by atoms with Gasteiger partial charge < -0.3 is 19.7 Å². The van der Waals surface area contributed by atoms with Crippen molar-refractivity contribution >= 4 is 16.9 Å². The van der Waals surface area contributed by atoms with Gasteiger partial charge in [-0.1, -0.05) is 11.8 Å². The van der Waals surface area contributed by atoms with E-state index in [4.69, 9.17) is 9.47 Å². The number of rotatable bonds is 6. The van der Waals surface area contributed by atoms with Crippen LogP contribution in [0.2, 0.25) is 0 Å². The van der Waals surface area contributed by atoms with Gasteiger partial charge in [0.2, 0.25) is 0 Å². The summed E-state index contributed by atoms with van der Waals surface area (Å²) in [6.45, 7) is 1.41. The number of carbonyl (C=O) groups excluding carboxylic acids is 1. The molecule has 0 amide bonds. The molecule has 19 heavy (non-hydrogen) atoms. The van der Waals surface area contributed by atoms with Gasteiger partial charge in [-0.15, -0.1) is 0 Å². The number of thioether (sulfide) groups is 1. The second-order valence-electron chi connectivity index (χ2n) is 3.92. The number of benzene rings is 1. The summed E-state index contributed by atoms with van der Waals surface area (Å²) in [6, 6.07) is 4.96. The summed E-state index contributed by atoms with van der Waals surface area (Å²) >= 11 is 0.965. The molecule has 0 aliphatic heterocycles. The van der Waals surface area contributed by atoms with E-state index in [0.717, 1.165) is 11.8 Å². The van der Waals surface area contributed by atoms with Crippen molar-refractivity contribution in [3.05, 3.63) is 23.8 Å². The molecule has 0 saturated heterocycles. The van der Waals surface area contributed by atoms with Gasteiger partial charge in [-0.3, -0.25) is 4.79 Å². The van der Waals surface area contributed by atoms with E-state index in [1.54, 1.807) is 18.2 Å². The van der Waals surface area contributed by atoms with Crippen molar-refractivity contribution in [2.45, 2.75) is 19.1 Å². The molecule has 1 rings (SSSR count). The first-order valence-corrected chi connectivity index (χ1v) is 6.69. The molecule has 2 atom stereocenters. The first kappa shape index (κ1) is 15.8. The van der Waals surface area contributed by atoms with Gasteiger partial charge in [-0.2, -0.15) is 0 Å². The van der Waals surface area contributed by atoms with Crippen LogP contribution in [0.25, 0.3) is 0 Å². The van der Waals surface area contributed by atoms with Crippen LogP contribution in [-0.4, -0.2) is 41.4 Å². The Morgan fingerprint density at radius 2 is 2.00 bits per heavy atom. The van der Waals surface area contributed by atoms with Crippen LogP contribution in [0.15, 0.2) is 18.2 Å². The van der Waals surface area contributed by atoms with Gasteiger partial charge in [0.15, 0.2) is 5.12 Å². The second kappa shape index (κ2) is 7.37. The Labute approximate surface area is 116 Å². The Balaban J connectivity index is 2.89. The minimum Gasteiger partial charge on any atom is -0.497 e. The Hall–Kier alpha value is -1.24. The van der Waals surface area contributed by atoms with Crippen LogP contribution >= 0.6 is 11.8 Å². The van der Waals surface area contributed by atoms with Gasteiger partial charge >= 0.3 is 0 Å². The van der Waals surface area contributed by atoms with Gasteiger partial charge in [-0.05, 0) is 18.2 Å². The van der Waals surface area contributed by atoms with Gasteiger partial charge in [0.1, 0.15) is 17.6 Å². The summed E-state index contributed by atoms with van der Waals surface area (Å²) < 4.78 is 10.2. The Morgan fingerprint density at radius 1 is 1.32 bits per heavy atom. The minimum absolute atomic E-state index is 0.108. The van der Waals surface area contributed by atoms with Gasteiger partial charge in [0.05, 0.1) is 20.3 Å². The van der Waals surface area contributed by atoms with Crippen LogP contribution < -0.4 is 9.47 Å². The summed E-state index contributed by atoms with van der Waals surface area (Å²) in [4.78, 5) is 10.9. The maximum Gasteiger partial charge on any atom is 0.185 e. The Morgan fingerprint density at radius 3 is 2.53 bits per heavy atom. The highest BCUT2D eigenvalue weighted by Crippen LogP contribution is 2.31. The SMILES string of the molecule is COc1ccc(OC)c(C(O)C(O)CSC(C)=O)c1. The molecule has 2 unspecified atom stereocenters. The molecule has 106 valence electrons. The largest absolute Gasteiger partial charge is 0.497 e. The number of aliphatic hydroxyl groups excluding tert-OH is 2. The van der Waals surface area contributed by atoms with Gasteiger partial charge in [0, 0.05) is 18.2 Å². The molecule has 0 saturated carbocycles. The maximum absolute atomic E-state index is 10.9. The zero-order valence-corrected chi connectivity index (χ0v) is 11.9. The normalized spacial score (nSPS) is 13.7. The van der Waals surface area contributed by atoms with E-state index in [1.807, 2.05) is 0 Å². The minimum atomic E-state index is -1.14. The van der Waals surface area contributed by atoms with Crippen LogP contribution in [0.1, 0.15) is 18.6 Å². The number of methoxy groups -OCH3 is 2. The summed E-state index contributed by atoms with van der Waals surface area (Å²) in [5.41, 5.74) is 0.429. The lowest BCUT2D eigenvalue weighted by atomic mass is 10.0. The number of aliphatic hydroxyl groups is 2. The molecule has 6 heteroatoms. The molecule has 0 spiro atoms. The van der Waals surface area contributed by atoms with Crippen molar-refractivity contribution in [3.63, 3.8) is 0 Å². The molecule has 5 nitrogen and oxygen atoms in total. The lowest BCUT2D eigenvalue weighted by Crippen LogP contribution is -2.22. The fourth-order valence-electron chi connectivity index (χ4n) is 1.57. The molecule has 0 aliphatic carbocycles. The molecule has 0 fully saturated rings. The smallest absolute Gasteiger partial charge is 0.185 e. The molecule has 1 aromatic rings. The summed E-state index contributed by atoms with van der Waals surface area (Å²) in [5.74, 6) is 1.14. The van der Waals surface area contributed by atoms with E-state index in [-0.39, 0.29) is 10.9 Å². The molecular formula is C13H18O5S. The average molecular weight is 286 g/mol. The number of hydrogen-bond acceptors (Lipinski definition) is 6. The lowest BCUT2D eigenvalue weighted by molar-refractivity contribution is -0.109. The molecule has 0 radical (unpaired) electrons. The summed E-state index contributed by atoms with van der Waals surface area (Å²) in [5, 5.41) is 19.9. The Bertz CT molecular complexity index is 435. The van der Waals surface area contributed by atoms with Gasteiger partial charge in [-0.25, -0.2) is 0 Å². The van der Waals surface area contributed by atoms with E-state index in [1.165, 1.54) is 21.1 Å². The highest BCUT2D eigenvalue weighted by Gasteiger charge is 2.23. The van der Waals surface area contributed by atoms with Crippen LogP contribution in [-0.2, 0) is 4.79 Å². The predicted octanol–water partition coefficient (Wildman–Crippen LogP) is 1.38. The van der Waals surface area contributed by atoms with Crippen LogP contribution in [0.3, 0.4) is 0 Å². The molecule has 0 aromatic heterocycles. The van der Waals surface area contributed by atoms with Crippen LogP contribution in [0.5, 0.6) is 11.5 Å². The molecule has 0 heterocycles. The highest BCUT2D eigenvalue weighted by molar-refractivity contribution is 8.13. The number of hydrogen-bond donors (Lipinski definition) is 2. The van der Waals surface area contributed by atoms with E-state index >= 15 is 0 Å². The molecular weight excluding hydrogens is 268 g/mol. The molecule has 2 N–H and O–H groups in total. The highest BCUT2D eigenvalue weighted by atomic mass is 32.2. The zero-order chi connectivity index (χ0) is 14.4. The van der Waals surface area contributed by atoms with Crippen molar-refractivity contribution in [2.24, 2.45) is 0 Å². The van der Waals surface area contributed by atoms with Gasteiger partial charge in [0.25, 0.3) is 0 Å². The summed E-state index contributed by atoms with van der Waals surface area (Å²) in [6.07, 6.45) is -2.20. The topological polar surface area (TPSA) is 76.0 Å². The van der Waals surface area contributed by atoms with Crippen molar-refractivity contribution in [3.8, 4) is 11.5 Å². The number of ether oxygens (including phenoxy) is 2. The van der Waals surface area contributed by atoms with E-state index < -0.39 is 12.2 Å². The third-order valence-corrected chi connectivity index (χ3v) is 3.49. The van der Waals surface area contributed by atoms with E-state index in [9.17, 15) is 15.0 Å². The summed E-state index contributed by atoms with van der Waals surface area (Å²) in [7, 11) is 2.99. The molecule has 1 aromatic carbocycles. The first-order valence-electron chi connectivity index (χ1n) is 5.71. The zero-order valence-electron chi connectivity index (χ0n) is 11.1. The van der Waals surface area contributed by atoms with Crippen molar-refractivity contribution in [1.82, 2.24) is 0 Å². The van der Waals surface area contributed by atoms with Crippen LogP contribution in [0, 0.1) is 0 Å². The lowest BCUT2D eigenvalue weighted by Gasteiger charge is -2.20. The second-order valence-corrected chi connectivity index (χ2v) is 5.12. The third-order valence-electron chi connectivity index (χ3n) is 2.58. The first-order chi connectivity index (χ1) is 8.99. The maximum atomic E-state index is 10.9. The molecule has 0 aliphatic rings. The van der Waals surface area contributed by atoms with E-state index in [0.29, 0.717) is 17.1 Å². The fourth-order valence-corrected chi connectivity index (χ4v) is 2.16. The average Bonchev–Trinajstić information content (AvgIpc) is 2.42. The van der Waals surface area contributed by atoms with Crippen molar-refractivity contribution < 1.29 is 24.5 Å².